The number of hydrogen-bond acceptors (Lipinski definition) is 2. The summed E-state index contributed by atoms with van der Waals surface area (Å²) in [6.07, 6.45) is 4.31. The third-order valence-corrected chi connectivity index (χ3v) is 3.13. The fourth-order valence-electron chi connectivity index (χ4n) is 2.11. The molecule has 1 saturated carbocycles. The van der Waals surface area contributed by atoms with Crippen molar-refractivity contribution in [1.82, 2.24) is 9.80 Å². The Kier molecular flexibility index (Phi) is 2.66. The highest BCUT2D eigenvalue weighted by molar-refractivity contribution is 4.86. The third kappa shape index (κ3) is 1.99. The molecule has 0 unspecified atom stereocenters. The van der Waals surface area contributed by atoms with Gasteiger partial charge < -0.3 is 4.90 Å². The van der Waals surface area contributed by atoms with E-state index in [4.69, 9.17) is 0 Å². The molecule has 0 spiro atoms. The lowest BCUT2D eigenvalue weighted by Gasteiger charge is -2.19. The van der Waals surface area contributed by atoms with Crippen molar-refractivity contribution in [3.63, 3.8) is 0 Å². The Labute approximate surface area is 75.5 Å². The van der Waals surface area contributed by atoms with Crippen LogP contribution in [0.4, 0.5) is 0 Å². The van der Waals surface area contributed by atoms with Crippen LogP contribution in [0, 0.1) is 0 Å². The summed E-state index contributed by atoms with van der Waals surface area (Å²) in [7, 11) is 0. The number of nitrogens with zero attached hydrogens (tertiary/aromatic N) is 2. The van der Waals surface area contributed by atoms with Gasteiger partial charge in [0, 0.05) is 19.1 Å². The molecule has 0 aromatic rings. The van der Waals surface area contributed by atoms with Gasteiger partial charge in [0.15, 0.2) is 0 Å². The van der Waals surface area contributed by atoms with Crippen LogP contribution in [0.5, 0.6) is 0 Å². The van der Waals surface area contributed by atoms with Gasteiger partial charge in [0.05, 0.1) is 0 Å². The minimum atomic E-state index is 0.974. The highest BCUT2D eigenvalue weighted by Crippen LogP contribution is 2.27. The molecule has 0 aromatic carbocycles. The second-order valence-electron chi connectivity index (χ2n) is 4.05. The van der Waals surface area contributed by atoms with E-state index in [9.17, 15) is 0 Å². The average Bonchev–Trinajstić information content (AvgIpc) is 2.91. The fraction of sp³-hybridized carbons (Fsp3) is 1.00. The molecule has 2 fully saturated rings. The van der Waals surface area contributed by atoms with Crippen LogP contribution < -0.4 is 0 Å². The molecule has 2 rings (SSSR count). The van der Waals surface area contributed by atoms with E-state index in [-0.39, 0.29) is 0 Å². The molecule has 0 N–H and O–H groups in total. The summed E-state index contributed by atoms with van der Waals surface area (Å²) in [6, 6.07) is 0.974. The predicted molar refractivity (Wildman–Crippen MR) is 51.3 cm³/mol. The zero-order valence-electron chi connectivity index (χ0n) is 8.13. The van der Waals surface area contributed by atoms with Crippen LogP contribution >= 0.6 is 0 Å². The first kappa shape index (κ1) is 8.52. The molecule has 2 aliphatic rings. The monoisotopic (exact) mass is 168 g/mol. The van der Waals surface area contributed by atoms with Crippen molar-refractivity contribution in [2.75, 3.05) is 32.7 Å². The first-order valence-electron chi connectivity index (χ1n) is 5.36. The summed E-state index contributed by atoms with van der Waals surface area (Å²) in [5, 5.41) is 0. The highest BCUT2D eigenvalue weighted by atomic mass is 15.2. The van der Waals surface area contributed by atoms with Gasteiger partial charge in [0.25, 0.3) is 0 Å². The van der Waals surface area contributed by atoms with Gasteiger partial charge >= 0.3 is 0 Å². The van der Waals surface area contributed by atoms with E-state index < -0.39 is 0 Å². The molecule has 0 radical (unpaired) electrons. The van der Waals surface area contributed by atoms with E-state index in [0.717, 1.165) is 6.04 Å². The maximum atomic E-state index is 2.69. The molecule has 1 saturated heterocycles. The quantitative estimate of drug-likeness (QED) is 0.611. The van der Waals surface area contributed by atoms with Crippen molar-refractivity contribution in [1.29, 1.82) is 0 Å². The molecule has 12 heavy (non-hydrogen) atoms. The Morgan fingerprint density at radius 2 is 1.92 bits per heavy atom. The van der Waals surface area contributed by atoms with Crippen LogP contribution in [-0.4, -0.2) is 48.6 Å². The van der Waals surface area contributed by atoms with Crippen molar-refractivity contribution in [3.8, 4) is 0 Å². The number of likely N-dealkylation sites (N-methyl/N-ethyl adjacent to an activating group) is 1. The SMILES string of the molecule is CCN1CCCN(C2CC2)CC1. The topological polar surface area (TPSA) is 6.48 Å². The Bertz CT molecular complexity index is 143. The first-order chi connectivity index (χ1) is 5.90. The molecule has 1 aliphatic carbocycles. The van der Waals surface area contributed by atoms with Crippen LogP contribution in [0.3, 0.4) is 0 Å². The maximum Gasteiger partial charge on any atom is 0.0112 e. The zero-order valence-corrected chi connectivity index (χ0v) is 8.13. The first-order valence-corrected chi connectivity index (χ1v) is 5.36. The van der Waals surface area contributed by atoms with Gasteiger partial charge in [-0.05, 0) is 38.9 Å². The number of rotatable bonds is 2. The van der Waals surface area contributed by atoms with Crippen LogP contribution in [0.1, 0.15) is 26.2 Å². The normalized spacial score (nSPS) is 28.8. The minimum Gasteiger partial charge on any atom is -0.302 e. The minimum absolute atomic E-state index is 0.974. The highest BCUT2D eigenvalue weighted by Gasteiger charge is 2.29. The molecule has 0 atom stereocenters. The summed E-state index contributed by atoms with van der Waals surface area (Å²) in [6.45, 7) is 8.79. The van der Waals surface area contributed by atoms with Gasteiger partial charge in [-0.1, -0.05) is 6.92 Å². The number of hydrogen-bond donors (Lipinski definition) is 0. The van der Waals surface area contributed by atoms with E-state index in [1.54, 1.807) is 0 Å². The summed E-state index contributed by atoms with van der Waals surface area (Å²) in [5.74, 6) is 0. The molecule has 1 heterocycles. The van der Waals surface area contributed by atoms with Crippen molar-refractivity contribution >= 4 is 0 Å². The molecule has 2 nitrogen and oxygen atoms in total. The second kappa shape index (κ2) is 3.75. The van der Waals surface area contributed by atoms with Gasteiger partial charge in [-0.25, -0.2) is 0 Å². The summed E-state index contributed by atoms with van der Waals surface area (Å²) < 4.78 is 0. The fourth-order valence-corrected chi connectivity index (χ4v) is 2.11. The molecule has 0 bridgehead atoms. The van der Waals surface area contributed by atoms with Gasteiger partial charge in [0.2, 0.25) is 0 Å². The Hall–Kier alpha value is -0.0800. The van der Waals surface area contributed by atoms with E-state index >= 15 is 0 Å². The van der Waals surface area contributed by atoms with Crippen LogP contribution in [-0.2, 0) is 0 Å². The molecule has 1 aliphatic heterocycles. The predicted octanol–water partition coefficient (Wildman–Crippen LogP) is 1.18. The summed E-state index contributed by atoms with van der Waals surface area (Å²) in [4.78, 5) is 5.26. The zero-order chi connectivity index (χ0) is 8.39. The van der Waals surface area contributed by atoms with E-state index in [0.29, 0.717) is 0 Å². The summed E-state index contributed by atoms with van der Waals surface area (Å²) in [5.41, 5.74) is 0. The van der Waals surface area contributed by atoms with Crippen molar-refractivity contribution in [2.45, 2.75) is 32.2 Å². The lowest BCUT2D eigenvalue weighted by molar-refractivity contribution is 0.256. The molecule has 2 heteroatoms. The van der Waals surface area contributed by atoms with Crippen LogP contribution in [0.15, 0.2) is 0 Å². The van der Waals surface area contributed by atoms with Crippen LogP contribution in [0.25, 0.3) is 0 Å². The maximum absolute atomic E-state index is 2.69. The van der Waals surface area contributed by atoms with E-state index in [2.05, 4.69) is 16.7 Å². The van der Waals surface area contributed by atoms with E-state index in [1.165, 1.54) is 52.0 Å². The Morgan fingerprint density at radius 1 is 1.08 bits per heavy atom. The van der Waals surface area contributed by atoms with Crippen molar-refractivity contribution < 1.29 is 0 Å². The van der Waals surface area contributed by atoms with Gasteiger partial charge in [-0.15, -0.1) is 0 Å². The lowest BCUT2D eigenvalue weighted by atomic mass is 10.4. The largest absolute Gasteiger partial charge is 0.302 e. The second-order valence-corrected chi connectivity index (χ2v) is 4.05. The Balaban J connectivity index is 1.80. The molecular weight excluding hydrogens is 148 g/mol. The van der Waals surface area contributed by atoms with Gasteiger partial charge in [0.1, 0.15) is 0 Å². The standard InChI is InChI=1S/C10H20N2/c1-2-11-6-3-7-12(9-8-11)10-4-5-10/h10H,2-9H2,1H3. The lowest BCUT2D eigenvalue weighted by Crippen LogP contribution is -2.31. The molecule has 70 valence electrons. The van der Waals surface area contributed by atoms with E-state index in [1.807, 2.05) is 0 Å². The Morgan fingerprint density at radius 3 is 2.58 bits per heavy atom. The van der Waals surface area contributed by atoms with Gasteiger partial charge in [-0.2, -0.15) is 0 Å². The van der Waals surface area contributed by atoms with Crippen LogP contribution in [0.2, 0.25) is 0 Å². The third-order valence-electron chi connectivity index (χ3n) is 3.13. The van der Waals surface area contributed by atoms with Crippen molar-refractivity contribution in [2.24, 2.45) is 0 Å². The molecule has 0 aromatic heterocycles. The summed E-state index contributed by atoms with van der Waals surface area (Å²) >= 11 is 0. The molecule has 0 amide bonds. The average molecular weight is 168 g/mol. The smallest absolute Gasteiger partial charge is 0.0112 e. The van der Waals surface area contributed by atoms with Gasteiger partial charge in [-0.3, -0.25) is 4.90 Å². The van der Waals surface area contributed by atoms with Crippen molar-refractivity contribution in [3.05, 3.63) is 0 Å². The molecular formula is C10H20N2.